The molecule has 0 amide bonds. The summed E-state index contributed by atoms with van der Waals surface area (Å²) in [5, 5.41) is 9.08. The predicted octanol–water partition coefficient (Wildman–Crippen LogP) is 2.13. The Hall–Kier alpha value is -0.0551. The predicted molar refractivity (Wildman–Crippen MR) is 56.8 cm³/mol. The van der Waals surface area contributed by atoms with Crippen molar-refractivity contribution in [2.24, 2.45) is 0 Å². The monoisotopic (exact) mass is 200 g/mol. The van der Waals surface area contributed by atoms with E-state index in [1.165, 1.54) is 32.1 Å². The van der Waals surface area contributed by atoms with Crippen molar-refractivity contribution in [1.29, 1.82) is 0 Å². The quantitative estimate of drug-likeness (QED) is 0.527. The van der Waals surface area contributed by atoms with Gasteiger partial charge in [0.15, 0.2) is 0 Å². The lowest BCUT2D eigenvalue weighted by molar-refractivity contribution is 0.0223. The summed E-state index contributed by atoms with van der Waals surface area (Å²) in [6.45, 7) is 2.85. The van der Waals surface area contributed by atoms with E-state index in [1.807, 2.05) is 0 Å². The average molecular weight is 200 g/mol. The summed E-state index contributed by atoms with van der Waals surface area (Å²) in [7, 11) is -0.982. The first-order valence-electron chi connectivity index (χ1n) is 5.78. The SMILES string of the molecule is CCCCCCCC1CCOB(O)O1. The maximum atomic E-state index is 9.08. The van der Waals surface area contributed by atoms with Gasteiger partial charge in [0, 0.05) is 12.7 Å². The first kappa shape index (κ1) is 12.0. The Kier molecular flexibility index (Phi) is 6.24. The van der Waals surface area contributed by atoms with E-state index in [2.05, 4.69) is 6.92 Å². The molecular formula is C10H21BO3. The van der Waals surface area contributed by atoms with Gasteiger partial charge >= 0.3 is 7.32 Å². The van der Waals surface area contributed by atoms with Crippen LogP contribution in [0.15, 0.2) is 0 Å². The minimum Gasteiger partial charge on any atom is -0.402 e. The van der Waals surface area contributed by atoms with Crippen molar-refractivity contribution in [3.05, 3.63) is 0 Å². The second kappa shape index (κ2) is 7.26. The molecule has 1 aliphatic rings. The highest BCUT2D eigenvalue weighted by molar-refractivity contribution is 6.34. The lowest BCUT2D eigenvalue weighted by atomic mass is 10.0. The van der Waals surface area contributed by atoms with E-state index in [0.29, 0.717) is 6.61 Å². The first-order chi connectivity index (χ1) is 6.83. The second-order valence-electron chi connectivity index (χ2n) is 3.93. The van der Waals surface area contributed by atoms with Gasteiger partial charge in [-0.1, -0.05) is 39.0 Å². The second-order valence-corrected chi connectivity index (χ2v) is 3.93. The van der Waals surface area contributed by atoms with Crippen LogP contribution in [-0.4, -0.2) is 25.1 Å². The summed E-state index contributed by atoms with van der Waals surface area (Å²) < 4.78 is 10.1. The van der Waals surface area contributed by atoms with Crippen molar-refractivity contribution < 1.29 is 14.3 Å². The molecule has 1 rings (SSSR count). The Balaban J connectivity index is 1.95. The first-order valence-corrected chi connectivity index (χ1v) is 5.78. The third-order valence-corrected chi connectivity index (χ3v) is 2.64. The van der Waals surface area contributed by atoms with Gasteiger partial charge in [-0.3, -0.25) is 0 Å². The number of unbranched alkanes of at least 4 members (excludes halogenated alkanes) is 4. The van der Waals surface area contributed by atoms with Crippen molar-refractivity contribution in [3.63, 3.8) is 0 Å². The van der Waals surface area contributed by atoms with Crippen LogP contribution in [0.2, 0.25) is 0 Å². The van der Waals surface area contributed by atoms with Gasteiger partial charge in [0.25, 0.3) is 0 Å². The van der Waals surface area contributed by atoms with Crippen LogP contribution in [0.5, 0.6) is 0 Å². The molecule has 0 spiro atoms. The molecule has 1 heterocycles. The van der Waals surface area contributed by atoms with Crippen molar-refractivity contribution >= 4 is 7.32 Å². The summed E-state index contributed by atoms with van der Waals surface area (Å²) in [5.41, 5.74) is 0. The molecule has 1 saturated heterocycles. The minimum atomic E-state index is -0.982. The molecule has 1 unspecified atom stereocenters. The highest BCUT2D eigenvalue weighted by atomic mass is 16.7. The fraction of sp³-hybridized carbons (Fsp3) is 1.00. The summed E-state index contributed by atoms with van der Waals surface area (Å²) in [6, 6.07) is 0. The van der Waals surface area contributed by atoms with Gasteiger partial charge in [0.05, 0.1) is 0 Å². The lowest BCUT2D eigenvalue weighted by Crippen LogP contribution is -2.35. The zero-order chi connectivity index (χ0) is 10.2. The molecule has 1 fully saturated rings. The molecule has 1 atom stereocenters. The molecule has 0 aromatic heterocycles. The maximum absolute atomic E-state index is 9.08. The van der Waals surface area contributed by atoms with Gasteiger partial charge in [-0.25, -0.2) is 0 Å². The zero-order valence-electron chi connectivity index (χ0n) is 9.08. The van der Waals surface area contributed by atoms with E-state index in [4.69, 9.17) is 14.3 Å². The Morgan fingerprint density at radius 1 is 1.29 bits per heavy atom. The normalized spacial score (nSPS) is 22.7. The molecule has 14 heavy (non-hydrogen) atoms. The Morgan fingerprint density at radius 2 is 2.07 bits per heavy atom. The van der Waals surface area contributed by atoms with Gasteiger partial charge in [-0.05, 0) is 12.8 Å². The van der Waals surface area contributed by atoms with Gasteiger partial charge in [0.1, 0.15) is 0 Å². The Bertz CT molecular complexity index is 143. The van der Waals surface area contributed by atoms with E-state index in [1.54, 1.807) is 0 Å². The van der Waals surface area contributed by atoms with Crippen molar-refractivity contribution in [3.8, 4) is 0 Å². The highest BCUT2D eigenvalue weighted by Crippen LogP contribution is 2.15. The van der Waals surface area contributed by atoms with Crippen LogP contribution >= 0.6 is 0 Å². The molecule has 0 radical (unpaired) electrons. The highest BCUT2D eigenvalue weighted by Gasteiger charge is 2.26. The standard InChI is InChI=1S/C10H21BO3/c1-2-3-4-5-6-7-10-8-9-13-11(12)14-10/h10,12H,2-9H2,1H3. The molecule has 1 aliphatic heterocycles. The Morgan fingerprint density at radius 3 is 2.79 bits per heavy atom. The summed E-state index contributed by atoms with van der Waals surface area (Å²) in [6.07, 6.45) is 8.61. The summed E-state index contributed by atoms with van der Waals surface area (Å²) in [5.74, 6) is 0. The summed E-state index contributed by atoms with van der Waals surface area (Å²) >= 11 is 0. The van der Waals surface area contributed by atoms with E-state index >= 15 is 0 Å². The van der Waals surface area contributed by atoms with Crippen LogP contribution in [-0.2, 0) is 9.31 Å². The van der Waals surface area contributed by atoms with Crippen LogP contribution in [0, 0.1) is 0 Å². The topological polar surface area (TPSA) is 38.7 Å². The van der Waals surface area contributed by atoms with Crippen LogP contribution < -0.4 is 0 Å². The largest absolute Gasteiger partial charge is 0.636 e. The molecular weight excluding hydrogens is 179 g/mol. The van der Waals surface area contributed by atoms with Crippen molar-refractivity contribution in [2.45, 2.75) is 58.0 Å². The molecule has 1 N–H and O–H groups in total. The van der Waals surface area contributed by atoms with Crippen LogP contribution in [0.4, 0.5) is 0 Å². The van der Waals surface area contributed by atoms with Crippen LogP contribution in [0.3, 0.4) is 0 Å². The van der Waals surface area contributed by atoms with Gasteiger partial charge in [0.2, 0.25) is 0 Å². The lowest BCUT2D eigenvalue weighted by Gasteiger charge is -2.24. The fourth-order valence-electron chi connectivity index (χ4n) is 1.76. The third-order valence-electron chi connectivity index (χ3n) is 2.64. The fourth-order valence-corrected chi connectivity index (χ4v) is 1.76. The maximum Gasteiger partial charge on any atom is 0.636 e. The van der Waals surface area contributed by atoms with Crippen molar-refractivity contribution in [1.82, 2.24) is 0 Å². The van der Waals surface area contributed by atoms with E-state index in [-0.39, 0.29) is 6.10 Å². The number of rotatable bonds is 6. The van der Waals surface area contributed by atoms with Crippen LogP contribution in [0.1, 0.15) is 51.9 Å². The van der Waals surface area contributed by atoms with Crippen LogP contribution in [0.25, 0.3) is 0 Å². The summed E-state index contributed by atoms with van der Waals surface area (Å²) in [4.78, 5) is 0. The number of hydrogen-bond acceptors (Lipinski definition) is 3. The third kappa shape index (κ3) is 4.98. The Labute approximate surface area is 87.0 Å². The van der Waals surface area contributed by atoms with Gasteiger partial charge in [-0.15, -0.1) is 0 Å². The molecule has 0 aliphatic carbocycles. The van der Waals surface area contributed by atoms with E-state index in [0.717, 1.165) is 12.8 Å². The molecule has 82 valence electrons. The number of hydrogen-bond donors (Lipinski definition) is 1. The zero-order valence-corrected chi connectivity index (χ0v) is 9.08. The van der Waals surface area contributed by atoms with Crippen molar-refractivity contribution in [2.75, 3.05) is 6.61 Å². The smallest absolute Gasteiger partial charge is 0.402 e. The molecule has 4 heteroatoms. The average Bonchev–Trinajstić information content (AvgIpc) is 2.18. The van der Waals surface area contributed by atoms with E-state index in [9.17, 15) is 0 Å². The molecule has 0 bridgehead atoms. The van der Waals surface area contributed by atoms with E-state index < -0.39 is 7.32 Å². The van der Waals surface area contributed by atoms with Gasteiger partial charge in [-0.2, -0.15) is 0 Å². The van der Waals surface area contributed by atoms with Gasteiger partial charge < -0.3 is 14.3 Å². The molecule has 0 saturated carbocycles. The molecule has 0 aromatic carbocycles. The minimum absolute atomic E-state index is 0.209. The molecule has 3 nitrogen and oxygen atoms in total. The molecule has 0 aromatic rings.